The van der Waals surface area contributed by atoms with E-state index < -0.39 is 11.4 Å². The van der Waals surface area contributed by atoms with Crippen LogP contribution in [0.1, 0.15) is 43.5 Å². The fourth-order valence-corrected chi connectivity index (χ4v) is 4.43. The van der Waals surface area contributed by atoms with Gasteiger partial charge in [-0.05, 0) is 42.7 Å². The van der Waals surface area contributed by atoms with Gasteiger partial charge in [0.05, 0.1) is 12.5 Å². The van der Waals surface area contributed by atoms with Crippen molar-refractivity contribution in [2.24, 2.45) is 5.41 Å². The Morgan fingerprint density at radius 1 is 1.03 bits per heavy atom. The Kier molecular flexibility index (Phi) is 7.50. The molecule has 0 saturated heterocycles. The number of anilines is 1. The van der Waals surface area contributed by atoms with Crippen LogP contribution in [0.3, 0.4) is 0 Å². The predicted molar refractivity (Wildman–Crippen MR) is 133 cm³/mol. The normalized spacial score (nSPS) is 15.0. The smallest absolute Gasteiger partial charge is 0.328 e. The first-order valence-corrected chi connectivity index (χ1v) is 11.6. The Balaban J connectivity index is 1.51. The van der Waals surface area contributed by atoms with E-state index in [1.54, 1.807) is 56.0 Å². The van der Waals surface area contributed by atoms with Crippen LogP contribution in [0, 0.1) is 5.41 Å². The van der Waals surface area contributed by atoms with Crippen LogP contribution in [-0.4, -0.2) is 39.0 Å². The van der Waals surface area contributed by atoms with Crippen molar-refractivity contribution in [2.45, 2.75) is 38.5 Å². The number of carboxylic acids is 1. The number of rotatable bonds is 8. The predicted octanol–water partition coefficient (Wildman–Crippen LogP) is 4.78. The van der Waals surface area contributed by atoms with Gasteiger partial charge in [-0.3, -0.25) is 4.79 Å². The monoisotopic (exact) mass is 472 g/mol. The molecular formula is C27H28N4O4. The number of hydrogen-bond acceptors (Lipinski definition) is 6. The van der Waals surface area contributed by atoms with Gasteiger partial charge < -0.3 is 15.2 Å². The number of pyridine rings is 1. The number of benzene rings is 1. The minimum atomic E-state index is -1.02. The first-order valence-electron chi connectivity index (χ1n) is 11.6. The Hall–Kier alpha value is -4.07. The highest BCUT2D eigenvalue weighted by atomic mass is 16.5. The molecule has 2 heterocycles. The van der Waals surface area contributed by atoms with Gasteiger partial charge in [-0.25, -0.2) is 19.7 Å². The molecule has 1 fully saturated rings. The maximum atomic E-state index is 13.5. The van der Waals surface area contributed by atoms with Gasteiger partial charge in [-0.15, -0.1) is 0 Å². The van der Waals surface area contributed by atoms with Gasteiger partial charge in [0.1, 0.15) is 5.82 Å². The lowest BCUT2D eigenvalue weighted by molar-refractivity contribution is -0.131. The van der Waals surface area contributed by atoms with E-state index in [0.717, 1.165) is 49.3 Å². The van der Waals surface area contributed by atoms with Crippen molar-refractivity contribution in [3.8, 4) is 17.0 Å². The summed E-state index contributed by atoms with van der Waals surface area (Å²) < 4.78 is 5.11. The maximum absolute atomic E-state index is 13.5. The fraction of sp³-hybridized carbons (Fsp3) is 0.296. The Morgan fingerprint density at radius 2 is 1.77 bits per heavy atom. The van der Waals surface area contributed by atoms with Crippen LogP contribution in [0.5, 0.6) is 5.88 Å². The van der Waals surface area contributed by atoms with Crippen molar-refractivity contribution in [3.63, 3.8) is 0 Å². The number of carbonyl (C=O) groups excluding carboxylic acids is 1. The molecule has 1 amide bonds. The number of methoxy groups -OCH3 is 1. The van der Waals surface area contributed by atoms with E-state index in [-0.39, 0.29) is 5.91 Å². The highest BCUT2D eigenvalue weighted by Gasteiger charge is 2.40. The summed E-state index contributed by atoms with van der Waals surface area (Å²) in [5.41, 5.74) is 2.48. The summed E-state index contributed by atoms with van der Waals surface area (Å²) >= 11 is 0. The van der Waals surface area contributed by atoms with Gasteiger partial charge in [0.15, 0.2) is 0 Å². The summed E-state index contributed by atoms with van der Waals surface area (Å²) in [6.45, 7) is 0. The third-order valence-corrected chi connectivity index (χ3v) is 6.34. The van der Waals surface area contributed by atoms with Crippen molar-refractivity contribution in [1.82, 2.24) is 15.0 Å². The summed E-state index contributed by atoms with van der Waals surface area (Å²) in [5.74, 6) is 0.101. The van der Waals surface area contributed by atoms with Crippen LogP contribution in [0.4, 0.5) is 5.69 Å². The molecule has 3 aromatic rings. The van der Waals surface area contributed by atoms with Crippen molar-refractivity contribution in [3.05, 3.63) is 72.5 Å². The van der Waals surface area contributed by atoms with Crippen LogP contribution in [0.25, 0.3) is 17.2 Å². The second kappa shape index (κ2) is 10.9. The minimum Gasteiger partial charge on any atom is -0.481 e. The standard InChI is InChI=1S/C27H28N4O4/c1-35-24-10-9-20(16-30-24)21-17-28-23(29-18-21)15-27(12-3-2-4-13-27)26(34)31-22-7-5-6-19(14-22)8-11-25(32)33/h5-11,14,16-18H,2-4,12-13,15H2,1H3,(H,31,34)(H,32,33)/b11-8+. The van der Waals surface area contributed by atoms with E-state index in [2.05, 4.69) is 20.3 Å². The van der Waals surface area contributed by atoms with Crippen LogP contribution in [0.2, 0.25) is 0 Å². The number of carbonyl (C=O) groups is 2. The molecule has 0 bridgehead atoms. The molecule has 0 unspecified atom stereocenters. The second-order valence-electron chi connectivity index (χ2n) is 8.75. The van der Waals surface area contributed by atoms with Crippen LogP contribution in [0.15, 0.2) is 61.1 Å². The average molecular weight is 473 g/mol. The zero-order valence-corrected chi connectivity index (χ0v) is 19.6. The zero-order valence-electron chi connectivity index (χ0n) is 19.6. The highest BCUT2D eigenvalue weighted by molar-refractivity contribution is 5.96. The van der Waals surface area contributed by atoms with Crippen molar-refractivity contribution >= 4 is 23.6 Å². The molecule has 1 saturated carbocycles. The zero-order chi connectivity index (χ0) is 24.7. The molecule has 0 atom stereocenters. The number of aliphatic carboxylic acids is 1. The summed E-state index contributed by atoms with van der Waals surface area (Å²) in [7, 11) is 1.57. The number of aromatic nitrogens is 3. The molecule has 1 aliphatic rings. The molecule has 180 valence electrons. The first-order chi connectivity index (χ1) is 17.0. The van der Waals surface area contributed by atoms with Crippen molar-refractivity contribution in [1.29, 1.82) is 0 Å². The lowest BCUT2D eigenvalue weighted by atomic mass is 9.71. The molecule has 4 rings (SSSR count). The number of hydrogen-bond donors (Lipinski definition) is 2. The van der Waals surface area contributed by atoms with E-state index in [9.17, 15) is 9.59 Å². The number of carboxylic acid groups (broad SMARTS) is 1. The van der Waals surface area contributed by atoms with Gasteiger partial charge in [-0.1, -0.05) is 31.4 Å². The largest absolute Gasteiger partial charge is 0.481 e. The van der Waals surface area contributed by atoms with Crippen LogP contribution in [-0.2, 0) is 16.0 Å². The first kappa shape index (κ1) is 24.1. The van der Waals surface area contributed by atoms with Crippen LogP contribution < -0.4 is 10.1 Å². The summed E-state index contributed by atoms with van der Waals surface area (Å²) in [4.78, 5) is 37.7. The fourth-order valence-electron chi connectivity index (χ4n) is 4.43. The highest BCUT2D eigenvalue weighted by Crippen LogP contribution is 2.40. The molecule has 35 heavy (non-hydrogen) atoms. The Morgan fingerprint density at radius 3 is 2.43 bits per heavy atom. The van der Waals surface area contributed by atoms with Gasteiger partial charge in [0.2, 0.25) is 11.8 Å². The Labute approximate surface area is 204 Å². The average Bonchev–Trinajstić information content (AvgIpc) is 2.89. The van der Waals surface area contributed by atoms with Gasteiger partial charge in [-0.2, -0.15) is 0 Å². The third-order valence-electron chi connectivity index (χ3n) is 6.34. The van der Waals surface area contributed by atoms with E-state index in [1.165, 1.54) is 6.08 Å². The van der Waals surface area contributed by atoms with E-state index in [1.807, 2.05) is 6.07 Å². The van der Waals surface area contributed by atoms with Crippen molar-refractivity contribution in [2.75, 3.05) is 12.4 Å². The van der Waals surface area contributed by atoms with E-state index in [0.29, 0.717) is 29.4 Å². The maximum Gasteiger partial charge on any atom is 0.328 e. The quantitative estimate of drug-likeness (QED) is 0.454. The van der Waals surface area contributed by atoms with E-state index in [4.69, 9.17) is 9.84 Å². The molecule has 8 heteroatoms. The molecule has 1 aromatic carbocycles. The third kappa shape index (κ3) is 6.09. The molecule has 2 N–H and O–H groups in total. The topological polar surface area (TPSA) is 114 Å². The second-order valence-corrected chi connectivity index (χ2v) is 8.75. The van der Waals surface area contributed by atoms with Gasteiger partial charge >= 0.3 is 5.97 Å². The SMILES string of the molecule is COc1ccc(-c2cnc(CC3(C(=O)Nc4cccc(/C=C/C(=O)O)c4)CCCCC3)nc2)cn1. The molecule has 0 radical (unpaired) electrons. The number of ether oxygens (including phenoxy) is 1. The summed E-state index contributed by atoms with van der Waals surface area (Å²) in [6, 6.07) is 10.8. The molecule has 1 aliphatic carbocycles. The lowest BCUT2D eigenvalue weighted by Crippen LogP contribution is -2.40. The number of amides is 1. The minimum absolute atomic E-state index is 0.0522. The summed E-state index contributed by atoms with van der Waals surface area (Å²) in [6.07, 6.45) is 12.9. The summed E-state index contributed by atoms with van der Waals surface area (Å²) in [5, 5.41) is 11.9. The number of nitrogens with one attached hydrogen (secondary N) is 1. The number of nitrogens with zero attached hydrogens (tertiary/aromatic N) is 3. The van der Waals surface area contributed by atoms with Crippen LogP contribution >= 0.6 is 0 Å². The lowest BCUT2D eigenvalue weighted by Gasteiger charge is -2.35. The van der Waals surface area contributed by atoms with Gasteiger partial charge in [0, 0.05) is 54.0 Å². The molecule has 0 spiro atoms. The van der Waals surface area contributed by atoms with Crippen molar-refractivity contribution < 1.29 is 19.4 Å². The molecule has 0 aliphatic heterocycles. The van der Waals surface area contributed by atoms with E-state index >= 15 is 0 Å². The molecular weight excluding hydrogens is 444 g/mol. The molecule has 2 aromatic heterocycles. The molecule has 8 nitrogen and oxygen atoms in total. The Bertz CT molecular complexity index is 1200. The van der Waals surface area contributed by atoms with Gasteiger partial charge in [0.25, 0.3) is 0 Å².